The predicted molar refractivity (Wildman–Crippen MR) is 71.1 cm³/mol. The summed E-state index contributed by atoms with van der Waals surface area (Å²) in [6.45, 7) is 2.41. The van der Waals surface area contributed by atoms with Crippen molar-refractivity contribution in [3.8, 4) is 0 Å². The Labute approximate surface area is 110 Å². The lowest BCUT2D eigenvalue weighted by Crippen LogP contribution is -2.34. The first kappa shape index (κ1) is 12.4. The molecule has 0 unspecified atom stereocenters. The van der Waals surface area contributed by atoms with E-state index < -0.39 is 11.4 Å². The number of aromatic nitrogens is 1. The number of hydrogen-bond acceptors (Lipinski definition) is 3. The Kier molecular flexibility index (Phi) is 2.93. The van der Waals surface area contributed by atoms with Crippen LogP contribution in [-0.2, 0) is 6.42 Å². The van der Waals surface area contributed by atoms with E-state index in [0.29, 0.717) is 36.9 Å². The lowest BCUT2D eigenvalue weighted by atomic mass is 10.1. The molecule has 1 heterocycles. The predicted octanol–water partition coefficient (Wildman–Crippen LogP) is 2.14. The van der Waals surface area contributed by atoms with Crippen LogP contribution >= 0.6 is 0 Å². The maximum Gasteiger partial charge on any atom is 0.417 e. The summed E-state index contributed by atoms with van der Waals surface area (Å²) >= 11 is 0. The maximum atomic E-state index is 13.5. The number of halogens is 1. The summed E-state index contributed by atoms with van der Waals surface area (Å²) in [6, 6.07) is 5.76. The van der Waals surface area contributed by atoms with Gasteiger partial charge in [0.2, 0.25) is 0 Å². The van der Waals surface area contributed by atoms with Gasteiger partial charge in [-0.3, -0.25) is 4.98 Å². The zero-order chi connectivity index (χ0) is 13.5. The van der Waals surface area contributed by atoms with E-state index in [9.17, 15) is 9.18 Å². The van der Waals surface area contributed by atoms with E-state index in [-0.39, 0.29) is 6.04 Å². The molecule has 0 amide bonds. The fraction of sp³-hybridized carbons (Fsp3) is 0.500. The molecule has 19 heavy (non-hydrogen) atoms. The van der Waals surface area contributed by atoms with Gasteiger partial charge in [0.1, 0.15) is 5.67 Å². The van der Waals surface area contributed by atoms with Gasteiger partial charge in [-0.1, -0.05) is 12.1 Å². The summed E-state index contributed by atoms with van der Waals surface area (Å²) in [5.41, 5.74) is 1.28. The van der Waals surface area contributed by atoms with Crippen molar-refractivity contribution in [3.63, 3.8) is 0 Å². The number of aromatic amines is 1. The zero-order valence-electron chi connectivity index (χ0n) is 10.8. The Morgan fingerprint density at radius 2 is 2.32 bits per heavy atom. The number of hydrogen-bond donors (Lipinski definition) is 2. The fourth-order valence-electron chi connectivity index (χ4n) is 2.26. The van der Waals surface area contributed by atoms with Crippen molar-refractivity contribution in [1.29, 1.82) is 0 Å². The van der Waals surface area contributed by atoms with Crippen molar-refractivity contribution in [2.24, 2.45) is 0 Å². The number of H-pyrrole nitrogens is 1. The van der Waals surface area contributed by atoms with Gasteiger partial charge in [0.05, 0.1) is 5.52 Å². The molecule has 0 radical (unpaired) electrons. The molecule has 2 aromatic rings. The van der Waals surface area contributed by atoms with Crippen LogP contribution in [0.1, 0.15) is 25.3 Å². The average molecular weight is 264 g/mol. The summed E-state index contributed by atoms with van der Waals surface area (Å²) in [7, 11) is 0. The molecule has 1 atom stereocenters. The second kappa shape index (κ2) is 4.49. The van der Waals surface area contributed by atoms with Crippen molar-refractivity contribution < 1.29 is 8.81 Å². The quantitative estimate of drug-likeness (QED) is 0.870. The van der Waals surface area contributed by atoms with E-state index in [4.69, 9.17) is 4.42 Å². The molecule has 1 aromatic carbocycles. The van der Waals surface area contributed by atoms with Gasteiger partial charge < -0.3 is 9.73 Å². The molecule has 0 saturated heterocycles. The average Bonchev–Trinajstić information content (AvgIpc) is 2.96. The highest BCUT2D eigenvalue weighted by atomic mass is 19.1. The van der Waals surface area contributed by atoms with Gasteiger partial charge >= 0.3 is 5.76 Å². The van der Waals surface area contributed by atoms with Crippen LogP contribution in [-0.4, -0.2) is 23.2 Å². The van der Waals surface area contributed by atoms with Crippen molar-refractivity contribution in [1.82, 2.24) is 10.3 Å². The van der Waals surface area contributed by atoms with Gasteiger partial charge in [-0.2, -0.15) is 0 Å². The minimum atomic E-state index is -0.985. The topological polar surface area (TPSA) is 58.0 Å². The number of oxazole rings is 1. The molecular formula is C14H17FN2O2. The number of rotatable bonds is 5. The normalized spacial score (nSPS) is 18.6. The molecule has 102 valence electrons. The SMILES string of the molecule is C[C@H](Cc1cccc2[nH]c(=O)oc12)NCC1(F)CC1. The standard InChI is InChI=1S/C14H17FN2O2/c1-9(16-8-14(15)5-6-14)7-10-3-2-4-11-12(10)19-13(18)17-11/h2-4,9,16H,5-8H2,1H3,(H,17,18)/t9-/m1/s1. The molecule has 1 aliphatic carbocycles. The Morgan fingerprint density at radius 3 is 3.05 bits per heavy atom. The number of para-hydroxylation sites is 1. The first-order valence-corrected chi connectivity index (χ1v) is 6.59. The van der Waals surface area contributed by atoms with Crippen LogP contribution in [0.2, 0.25) is 0 Å². The van der Waals surface area contributed by atoms with E-state index in [1.54, 1.807) is 0 Å². The summed E-state index contributed by atoms with van der Waals surface area (Å²) in [5.74, 6) is -0.441. The monoisotopic (exact) mass is 264 g/mol. The molecule has 1 fully saturated rings. The van der Waals surface area contributed by atoms with Crippen LogP contribution < -0.4 is 11.1 Å². The molecule has 0 bridgehead atoms. The number of benzene rings is 1. The minimum Gasteiger partial charge on any atom is -0.408 e. The highest BCUT2D eigenvalue weighted by Gasteiger charge is 2.42. The van der Waals surface area contributed by atoms with E-state index in [2.05, 4.69) is 10.3 Å². The molecule has 4 nitrogen and oxygen atoms in total. The Balaban J connectivity index is 1.71. The highest BCUT2D eigenvalue weighted by molar-refractivity contribution is 5.75. The van der Waals surface area contributed by atoms with Gasteiger partial charge in [-0.15, -0.1) is 0 Å². The van der Waals surface area contributed by atoms with E-state index in [1.807, 2.05) is 25.1 Å². The van der Waals surface area contributed by atoms with Crippen molar-refractivity contribution in [3.05, 3.63) is 34.3 Å². The molecule has 3 rings (SSSR count). The van der Waals surface area contributed by atoms with Crippen molar-refractivity contribution >= 4 is 11.1 Å². The smallest absolute Gasteiger partial charge is 0.408 e. The Bertz CT molecular complexity index is 642. The van der Waals surface area contributed by atoms with Gasteiger partial charge in [0.15, 0.2) is 5.58 Å². The lowest BCUT2D eigenvalue weighted by Gasteiger charge is -2.15. The van der Waals surface area contributed by atoms with Gasteiger partial charge in [0.25, 0.3) is 0 Å². The van der Waals surface area contributed by atoms with Crippen molar-refractivity contribution in [2.75, 3.05) is 6.54 Å². The van der Waals surface area contributed by atoms with Crippen molar-refractivity contribution in [2.45, 2.75) is 37.9 Å². The molecule has 1 aromatic heterocycles. The third-order valence-corrected chi connectivity index (χ3v) is 3.61. The largest absolute Gasteiger partial charge is 0.417 e. The first-order chi connectivity index (χ1) is 9.06. The van der Waals surface area contributed by atoms with E-state index >= 15 is 0 Å². The summed E-state index contributed by atoms with van der Waals surface area (Å²) in [5, 5.41) is 3.20. The van der Waals surface area contributed by atoms with Crippen LogP contribution in [0, 0.1) is 0 Å². The van der Waals surface area contributed by atoms with Crippen LogP contribution in [0.5, 0.6) is 0 Å². The highest BCUT2D eigenvalue weighted by Crippen LogP contribution is 2.38. The maximum absolute atomic E-state index is 13.5. The Hall–Kier alpha value is -1.62. The second-order valence-corrected chi connectivity index (χ2v) is 5.45. The molecule has 5 heteroatoms. The molecular weight excluding hydrogens is 247 g/mol. The number of nitrogens with one attached hydrogen (secondary N) is 2. The fourth-order valence-corrected chi connectivity index (χ4v) is 2.26. The van der Waals surface area contributed by atoms with Gasteiger partial charge in [-0.05, 0) is 37.8 Å². The third kappa shape index (κ3) is 2.71. The Morgan fingerprint density at radius 1 is 1.53 bits per heavy atom. The number of fused-ring (bicyclic) bond motifs is 1. The lowest BCUT2D eigenvalue weighted by molar-refractivity contribution is 0.285. The molecule has 0 spiro atoms. The molecule has 0 aliphatic heterocycles. The number of alkyl halides is 1. The van der Waals surface area contributed by atoms with Crippen LogP contribution in [0.4, 0.5) is 4.39 Å². The third-order valence-electron chi connectivity index (χ3n) is 3.61. The van der Waals surface area contributed by atoms with E-state index in [1.165, 1.54) is 0 Å². The minimum absolute atomic E-state index is 0.138. The second-order valence-electron chi connectivity index (χ2n) is 5.45. The van der Waals surface area contributed by atoms with Gasteiger partial charge in [0, 0.05) is 12.6 Å². The van der Waals surface area contributed by atoms with Crippen LogP contribution in [0.15, 0.2) is 27.4 Å². The molecule has 1 aliphatic rings. The van der Waals surface area contributed by atoms with Gasteiger partial charge in [-0.25, -0.2) is 9.18 Å². The first-order valence-electron chi connectivity index (χ1n) is 6.59. The summed E-state index contributed by atoms with van der Waals surface area (Å²) in [4.78, 5) is 13.8. The summed E-state index contributed by atoms with van der Waals surface area (Å²) in [6.07, 6.45) is 2.03. The summed E-state index contributed by atoms with van der Waals surface area (Å²) < 4.78 is 18.7. The van der Waals surface area contributed by atoms with Crippen LogP contribution in [0.25, 0.3) is 11.1 Å². The van der Waals surface area contributed by atoms with Crippen LogP contribution in [0.3, 0.4) is 0 Å². The molecule has 1 saturated carbocycles. The zero-order valence-corrected chi connectivity index (χ0v) is 10.8. The molecule has 2 N–H and O–H groups in total. The van der Waals surface area contributed by atoms with E-state index in [0.717, 1.165) is 5.56 Å².